The number of halogens is 1. The summed E-state index contributed by atoms with van der Waals surface area (Å²) in [6.45, 7) is 7.28. The maximum atomic E-state index is 12.4. The largest absolute Gasteiger partial charge is 0.490 e. The molecule has 0 unspecified atom stereocenters. The molecule has 11 rings (SSSR count). The molecular formula is C51H56ClN11O4. The lowest BCUT2D eigenvalue weighted by Gasteiger charge is -2.59. The van der Waals surface area contributed by atoms with E-state index in [1.165, 1.54) is 37.8 Å². The third kappa shape index (κ3) is 9.47. The Morgan fingerprint density at radius 3 is 2.55 bits per heavy atom. The molecule has 4 aromatic heterocycles. The molecular weight excluding hydrogens is 866 g/mol. The summed E-state index contributed by atoms with van der Waals surface area (Å²) in [6.07, 6.45) is 18.6. The summed E-state index contributed by atoms with van der Waals surface area (Å²) in [5.74, 6) is 1.80. The SMILES string of the molecule is CC(=O)N1CCc2c(c(-c3cccc4cc(-c5cnn(CCC6CC7(C6)CN(c6ccc(C(N)=O)nn6)C7)c5)ncc34)nn2C2CCOCC2)C1.N#Cc1ccc(OC2CCCCC2)cc1Cl. The van der Waals surface area contributed by atoms with Crippen LogP contribution in [-0.4, -0.2) is 90.4 Å². The van der Waals surface area contributed by atoms with E-state index in [9.17, 15) is 9.59 Å². The molecule has 4 fully saturated rings. The van der Waals surface area contributed by atoms with E-state index in [1.54, 1.807) is 25.1 Å². The molecule has 67 heavy (non-hydrogen) atoms. The number of rotatable bonds is 10. The van der Waals surface area contributed by atoms with Gasteiger partial charge in [-0.1, -0.05) is 36.2 Å². The number of nitriles is 1. The Balaban J connectivity index is 0.000000278. The summed E-state index contributed by atoms with van der Waals surface area (Å²) < 4.78 is 15.8. The van der Waals surface area contributed by atoms with Crippen LogP contribution in [0.1, 0.15) is 104 Å². The van der Waals surface area contributed by atoms with Gasteiger partial charge < -0.3 is 25.0 Å². The van der Waals surface area contributed by atoms with Gasteiger partial charge in [0.1, 0.15) is 11.8 Å². The number of fused-ring (bicyclic) bond motifs is 2. The molecule has 2 aromatic carbocycles. The minimum absolute atomic E-state index is 0.0967. The lowest BCUT2D eigenvalue weighted by atomic mass is 9.57. The Hall–Kier alpha value is -6.37. The highest BCUT2D eigenvalue weighted by atomic mass is 35.5. The van der Waals surface area contributed by atoms with Gasteiger partial charge in [-0.15, -0.1) is 10.2 Å². The molecule has 2 N–H and O–H groups in total. The molecule has 0 atom stereocenters. The number of aryl methyl sites for hydroxylation is 1. The van der Waals surface area contributed by atoms with Crippen LogP contribution in [0.3, 0.4) is 0 Å². The highest BCUT2D eigenvalue weighted by molar-refractivity contribution is 6.31. The standard InChI is InChI=1S/C38H42N10O3.C13H14ClNO/c1-24(49)45-11-8-34-31(21-45)36(44-48(34)28-9-13-51-14-10-28)29-4-2-3-26-15-33(40-19-30(26)29)27-18-41-47(20-27)12-7-25-16-38(17-25)22-46(23-38)35-6-5-32(37(39)50)42-43-35;14-13-8-12(7-6-10(13)9-15)16-11-4-2-1-3-5-11/h2-6,15,18-20,25,28H,7-14,16-17,21-23H2,1H3,(H2,39,50);6-8,11H,1-5H2. The molecule has 2 saturated heterocycles. The Labute approximate surface area is 395 Å². The molecule has 1 spiro atoms. The first-order chi connectivity index (χ1) is 32.6. The Bertz CT molecular complexity index is 2810. The Morgan fingerprint density at radius 1 is 1.00 bits per heavy atom. The average molecular weight is 923 g/mol. The number of carbonyl (C=O) groups is 2. The van der Waals surface area contributed by atoms with Crippen molar-refractivity contribution in [3.63, 3.8) is 0 Å². The molecule has 6 aromatic rings. The van der Waals surface area contributed by atoms with E-state index in [2.05, 4.69) is 50.2 Å². The lowest BCUT2D eigenvalue weighted by Crippen LogP contribution is -2.62. The third-order valence-corrected chi connectivity index (χ3v) is 14.7. The summed E-state index contributed by atoms with van der Waals surface area (Å²) >= 11 is 5.94. The number of nitrogens with two attached hydrogens (primary N) is 1. The lowest BCUT2D eigenvalue weighted by molar-refractivity contribution is -0.129. The van der Waals surface area contributed by atoms with Crippen molar-refractivity contribution in [2.24, 2.45) is 17.1 Å². The number of hydrogen-bond donors (Lipinski definition) is 1. The van der Waals surface area contributed by atoms with E-state index in [0.29, 0.717) is 40.6 Å². The van der Waals surface area contributed by atoms with E-state index in [0.717, 1.165) is 128 Å². The van der Waals surface area contributed by atoms with Crippen molar-refractivity contribution in [3.8, 4) is 34.3 Å². The molecule has 16 heteroatoms. The summed E-state index contributed by atoms with van der Waals surface area (Å²) in [7, 11) is 0. The molecule has 15 nitrogen and oxygen atoms in total. The van der Waals surface area contributed by atoms with Crippen molar-refractivity contribution in [1.82, 2.24) is 39.6 Å². The molecule has 2 aliphatic carbocycles. The number of aromatic nitrogens is 7. The van der Waals surface area contributed by atoms with Crippen molar-refractivity contribution in [2.75, 3.05) is 37.7 Å². The van der Waals surface area contributed by atoms with Crippen LogP contribution in [0, 0.1) is 22.7 Å². The van der Waals surface area contributed by atoms with E-state index in [4.69, 9.17) is 47.3 Å². The number of carbonyl (C=O) groups excluding carboxylic acids is 2. The summed E-state index contributed by atoms with van der Waals surface area (Å²) in [5, 5.41) is 29.5. The molecule has 2 saturated carbocycles. The minimum atomic E-state index is -0.559. The zero-order valence-electron chi connectivity index (χ0n) is 37.9. The van der Waals surface area contributed by atoms with Gasteiger partial charge in [0, 0.05) is 111 Å². The van der Waals surface area contributed by atoms with Crippen LogP contribution >= 0.6 is 11.6 Å². The molecule has 346 valence electrons. The second-order valence-corrected chi connectivity index (χ2v) is 19.4. The monoisotopic (exact) mass is 921 g/mol. The zero-order chi connectivity index (χ0) is 46.1. The quantitative estimate of drug-likeness (QED) is 0.139. The van der Waals surface area contributed by atoms with Crippen molar-refractivity contribution in [3.05, 3.63) is 101 Å². The summed E-state index contributed by atoms with van der Waals surface area (Å²) in [6, 6.07) is 19.6. The maximum Gasteiger partial charge on any atom is 0.269 e. The van der Waals surface area contributed by atoms with Crippen molar-refractivity contribution >= 4 is 40.0 Å². The van der Waals surface area contributed by atoms with Crippen molar-refractivity contribution in [1.29, 1.82) is 5.26 Å². The van der Waals surface area contributed by atoms with Gasteiger partial charge >= 0.3 is 0 Å². The van der Waals surface area contributed by atoms with Crippen LogP contribution in [-0.2, 0) is 29.0 Å². The van der Waals surface area contributed by atoms with Crippen LogP contribution in [0.2, 0.25) is 5.02 Å². The predicted molar refractivity (Wildman–Crippen MR) is 254 cm³/mol. The number of pyridine rings is 1. The molecule has 2 amide bonds. The molecule has 3 aliphatic heterocycles. The van der Waals surface area contributed by atoms with Gasteiger partial charge in [-0.05, 0) is 99.4 Å². The fraction of sp³-hybridized carbons (Fsp3) is 0.451. The van der Waals surface area contributed by atoms with Crippen LogP contribution in [0.25, 0.3) is 33.3 Å². The van der Waals surface area contributed by atoms with Crippen LogP contribution < -0.4 is 15.4 Å². The van der Waals surface area contributed by atoms with Crippen LogP contribution in [0.4, 0.5) is 5.82 Å². The van der Waals surface area contributed by atoms with Crippen molar-refractivity contribution < 1.29 is 19.1 Å². The number of amides is 2. The number of primary amides is 1. The van der Waals surface area contributed by atoms with Gasteiger partial charge in [0.05, 0.1) is 40.3 Å². The number of nitrogens with zero attached hydrogens (tertiary/aromatic N) is 10. The fourth-order valence-corrected chi connectivity index (χ4v) is 11.1. The Kier molecular flexibility index (Phi) is 12.7. The van der Waals surface area contributed by atoms with Gasteiger partial charge in [0.25, 0.3) is 5.91 Å². The molecule has 7 heterocycles. The van der Waals surface area contributed by atoms with E-state index in [1.807, 2.05) is 40.2 Å². The predicted octanol–water partition coefficient (Wildman–Crippen LogP) is 8.34. The van der Waals surface area contributed by atoms with E-state index in [-0.39, 0.29) is 11.6 Å². The highest BCUT2D eigenvalue weighted by Crippen LogP contribution is 2.54. The second-order valence-electron chi connectivity index (χ2n) is 19.0. The third-order valence-electron chi connectivity index (χ3n) is 14.4. The second kappa shape index (κ2) is 19.1. The summed E-state index contributed by atoms with van der Waals surface area (Å²) in [5.41, 5.74) is 12.7. The molecule has 5 aliphatic rings. The number of hydrogen-bond acceptors (Lipinski definition) is 11. The van der Waals surface area contributed by atoms with Crippen LogP contribution in [0.15, 0.2) is 73.2 Å². The smallest absolute Gasteiger partial charge is 0.269 e. The van der Waals surface area contributed by atoms with Crippen LogP contribution in [0.5, 0.6) is 5.75 Å². The maximum absolute atomic E-state index is 12.4. The van der Waals surface area contributed by atoms with Gasteiger partial charge in [-0.25, -0.2) is 0 Å². The van der Waals surface area contributed by atoms with Crippen molar-refractivity contribution in [2.45, 2.75) is 103 Å². The summed E-state index contributed by atoms with van der Waals surface area (Å²) in [4.78, 5) is 32.8. The number of anilines is 1. The van der Waals surface area contributed by atoms with E-state index >= 15 is 0 Å². The van der Waals surface area contributed by atoms with Gasteiger partial charge in [-0.3, -0.25) is 23.9 Å². The van der Waals surface area contributed by atoms with Gasteiger partial charge in [0.15, 0.2) is 11.5 Å². The Morgan fingerprint density at radius 2 is 1.82 bits per heavy atom. The number of benzene rings is 2. The van der Waals surface area contributed by atoms with E-state index < -0.39 is 5.91 Å². The first kappa shape index (κ1) is 44.5. The topological polar surface area (TPSA) is 183 Å². The minimum Gasteiger partial charge on any atom is -0.490 e. The fourth-order valence-electron chi connectivity index (χ4n) is 10.8. The molecule has 0 radical (unpaired) electrons. The highest BCUT2D eigenvalue weighted by Gasteiger charge is 2.52. The average Bonchev–Trinajstić information content (AvgIpc) is 3.96. The first-order valence-corrected chi connectivity index (χ1v) is 24.1. The zero-order valence-corrected chi connectivity index (χ0v) is 38.7. The normalized spacial score (nSPS) is 18.3. The van der Waals surface area contributed by atoms with Gasteiger partial charge in [0.2, 0.25) is 5.91 Å². The van der Waals surface area contributed by atoms with Gasteiger partial charge in [-0.2, -0.15) is 15.5 Å². The number of ether oxygens (including phenoxy) is 2. The first-order valence-electron chi connectivity index (χ1n) is 23.7. The molecule has 0 bridgehead atoms.